The number of pyridine rings is 2. The first-order valence-electron chi connectivity index (χ1n) is 9.45. The van der Waals surface area contributed by atoms with Gasteiger partial charge in [0.2, 0.25) is 0 Å². The molecule has 1 aromatic carbocycles. The Hall–Kier alpha value is -2.86. The maximum absolute atomic E-state index is 13.1. The highest BCUT2D eigenvalue weighted by atomic mass is 35.5. The molecule has 0 radical (unpaired) electrons. The number of amides is 1. The van der Waals surface area contributed by atoms with Crippen molar-refractivity contribution in [3.05, 3.63) is 53.3 Å². The number of aryl methyl sites for hydroxylation is 2. The van der Waals surface area contributed by atoms with Gasteiger partial charge < -0.3 is 15.0 Å². The quantitative estimate of drug-likeness (QED) is 0.621. The number of hydrogen-bond donors (Lipinski definition) is 1. The number of benzene rings is 1. The third-order valence-corrected chi connectivity index (χ3v) is 4.76. The third kappa shape index (κ3) is 4.59. The van der Waals surface area contributed by atoms with Crippen LogP contribution in [0.5, 0.6) is 5.75 Å². The zero-order chi connectivity index (χ0) is 20.3. The molecule has 0 saturated heterocycles. The van der Waals surface area contributed by atoms with Crippen LogP contribution in [0.1, 0.15) is 35.5 Å². The molecule has 0 bridgehead atoms. The lowest BCUT2D eigenvalue weighted by atomic mass is 10.1. The van der Waals surface area contributed by atoms with Crippen molar-refractivity contribution in [2.45, 2.75) is 27.7 Å². The topological polar surface area (TPSA) is 67.4 Å². The molecule has 6 nitrogen and oxygen atoms in total. The zero-order valence-electron chi connectivity index (χ0n) is 17.4. The SMILES string of the molecule is CCN(CC)C(=O)c1cnc2nc(C)ccc2c1Nc1cc(C)ccc1OC.Cl. The molecule has 0 aliphatic carbocycles. The van der Waals surface area contributed by atoms with Crippen LogP contribution in [0, 0.1) is 13.8 Å². The summed E-state index contributed by atoms with van der Waals surface area (Å²) in [5.41, 5.74) is 4.58. The Morgan fingerprint density at radius 1 is 1.14 bits per heavy atom. The fourth-order valence-electron chi connectivity index (χ4n) is 3.20. The number of carbonyl (C=O) groups is 1. The van der Waals surface area contributed by atoms with E-state index in [4.69, 9.17) is 4.74 Å². The fraction of sp³-hybridized carbons (Fsp3) is 0.318. The first-order chi connectivity index (χ1) is 13.5. The number of ether oxygens (including phenoxy) is 1. The molecule has 0 fully saturated rings. The summed E-state index contributed by atoms with van der Waals surface area (Å²) >= 11 is 0. The van der Waals surface area contributed by atoms with Crippen molar-refractivity contribution in [3.63, 3.8) is 0 Å². The average molecular weight is 415 g/mol. The molecule has 0 spiro atoms. The lowest BCUT2D eigenvalue weighted by Gasteiger charge is -2.22. The van der Waals surface area contributed by atoms with E-state index in [1.807, 2.05) is 58.0 Å². The molecule has 2 aromatic heterocycles. The van der Waals surface area contributed by atoms with Gasteiger partial charge in [-0.15, -0.1) is 12.4 Å². The van der Waals surface area contributed by atoms with Crippen molar-refractivity contribution in [2.75, 3.05) is 25.5 Å². The highest BCUT2D eigenvalue weighted by molar-refractivity contribution is 6.07. The fourth-order valence-corrected chi connectivity index (χ4v) is 3.20. The highest BCUT2D eigenvalue weighted by Gasteiger charge is 2.21. The molecule has 0 aliphatic rings. The summed E-state index contributed by atoms with van der Waals surface area (Å²) in [5, 5.41) is 4.23. The van der Waals surface area contributed by atoms with E-state index >= 15 is 0 Å². The van der Waals surface area contributed by atoms with Crippen molar-refractivity contribution in [3.8, 4) is 5.75 Å². The monoisotopic (exact) mass is 414 g/mol. The van der Waals surface area contributed by atoms with Crippen LogP contribution in [0.2, 0.25) is 0 Å². The maximum Gasteiger partial charge on any atom is 0.257 e. The Morgan fingerprint density at radius 3 is 2.52 bits per heavy atom. The second kappa shape index (κ2) is 9.56. The van der Waals surface area contributed by atoms with Crippen molar-refractivity contribution in [2.24, 2.45) is 0 Å². The number of nitrogens with zero attached hydrogens (tertiary/aromatic N) is 3. The molecule has 1 amide bonds. The molecular weight excluding hydrogens is 388 g/mol. The maximum atomic E-state index is 13.1. The van der Waals surface area contributed by atoms with Gasteiger partial charge in [-0.1, -0.05) is 6.07 Å². The molecule has 0 atom stereocenters. The van der Waals surface area contributed by atoms with E-state index in [1.54, 1.807) is 18.2 Å². The smallest absolute Gasteiger partial charge is 0.257 e. The van der Waals surface area contributed by atoms with Crippen LogP contribution in [0.4, 0.5) is 11.4 Å². The van der Waals surface area contributed by atoms with E-state index in [0.717, 1.165) is 22.3 Å². The first-order valence-corrected chi connectivity index (χ1v) is 9.45. The molecule has 1 N–H and O–H groups in total. The van der Waals surface area contributed by atoms with Crippen LogP contribution in [0.15, 0.2) is 36.5 Å². The summed E-state index contributed by atoms with van der Waals surface area (Å²) in [7, 11) is 1.63. The van der Waals surface area contributed by atoms with Gasteiger partial charge in [0.1, 0.15) is 5.75 Å². The minimum Gasteiger partial charge on any atom is -0.495 e. The number of methoxy groups -OCH3 is 1. The molecule has 154 valence electrons. The largest absolute Gasteiger partial charge is 0.495 e. The van der Waals surface area contributed by atoms with E-state index in [1.165, 1.54) is 0 Å². The molecule has 0 unspecified atom stereocenters. The van der Waals surface area contributed by atoms with Crippen molar-refractivity contribution in [1.82, 2.24) is 14.9 Å². The van der Waals surface area contributed by atoms with Gasteiger partial charge in [0, 0.05) is 30.4 Å². The number of fused-ring (bicyclic) bond motifs is 1. The van der Waals surface area contributed by atoms with Gasteiger partial charge >= 0.3 is 0 Å². The normalized spacial score (nSPS) is 10.4. The molecule has 2 heterocycles. The summed E-state index contributed by atoms with van der Waals surface area (Å²) < 4.78 is 5.50. The Morgan fingerprint density at radius 2 is 1.86 bits per heavy atom. The van der Waals surface area contributed by atoms with Gasteiger partial charge in [-0.05, 0) is 57.5 Å². The Kier molecular flexibility index (Phi) is 7.40. The molecule has 29 heavy (non-hydrogen) atoms. The van der Waals surface area contributed by atoms with E-state index in [2.05, 4.69) is 15.3 Å². The summed E-state index contributed by atoms with van der Waals surface area (Å²) in [4.78, 5) is 23.9. The van der Waals surface area contributed by atoms with Crippen LogP contribution in [0.3, 0.4) is 0 Å². The van der Waals surface area contributed by atoms with Crippen molar-refractivity contribution >= 4 is 40.7 Å². The van der Waals surface area contributed by atoms with Crippen LogP contribution in [-0.2, 0) is 0 Å². The molecule has 7 heteroatoms. The van der Waals surface area contributed by atoms with Gasteiger partial charge in [-0.25, -0.2) is 9.97 Å². The van der Waals surface area contributed by atoms with Crippen LogP contribution >= 0.6 is 12.4 Å². The standard InChI is InChI=1S/C22H26N4O2.ClH/c1-6-26(7-2)22(27)17-13-23-21-16(10-9-15(4)24-21)20(17)25-18-12-14(3)8-11-19(18)28-5;/h8-13H,6-7H2,1-5H3,(H,23,24,25);1H. The van der Waals surface area contributed by atoms with Gasteiger partial charge in [-0.3, -0.25) is 4.79 Å². The Labute approximate surface area is 177 Å². The zero-order valence-corrected chi connectivity index (χ0v) is 18.3. The number of carbonyl (C=O) groups excluding carboxylic acids is 1. The number of hydrogen-bond acceptors (Lipinski definition) is 5. The van der Waals surface area contributed by atoms with Crippen LogP contribution < -0.4 is 10.1 Å². The summed E-state index contributed by atoms with van der Waals surface area (Å²) in [5.74, 6) is 0.644. The summed E-state index contributed by atoms with van der Waals surface area (Å²) in [6, 6.07) is 9.78. The number of aromatic nitrogens is 2. The molecule has 0 saturated carbocycles. The highest BCUT2D eigenvalue weighted by Crippen LogP contribution is 2.34. The van der Waals surface area contributed by atoms with Gasteiger partial charge in [0.05, 0.1) is 24.0 Å². The average Bonchev–Trinajstić information content (AvgIpc) is 2.69. The van der Waals surface area contributed by atoms with Crippen LogP contribution in [-0.4, -0.2) is 41.0 Å². The van der Waals surface area contributed by atoms with Gasteiger partial charge in [0.25, 0.3) is 5.91 Å². The van der Waals surface area contributed by atoms with Crippen LogP contribution in [0.25, 0.3) is 11.0 Å². The van der Waals surface area contributed by atoms with Crippen molar-refractivity contribution < 1.29 is 9.53 Å². The van der Waals surface area contributed by atoms with E-state index < -0.39 is 0 Å². The molecular formula is C22H27ClN4O2. The molecule has 0 aliphatic heterocycles. The number of nitrogens with one attached hydrogen (secondary N) is 1. The first kappa shape index (κ1) is 22.4. The Bertz CT molecular complexity index is 1020. The Balaban J connectivity index is 0.00000300. The predicted octanol–water partition coefficient (Wildman–Crippen LogP) is 4.90. The third-order valence-electron chi connectivity index (χ3n) is 4.76. The van der Waals surface area contributed by atoms with Crippen molar-refractivity contribution in [1.29, 1.82) is 0 Å². The van der Waals surface area contributed by atoms with E-state index in [0.29, 0.717) is 35.7 Å². The lowest BCUT2D eigenvalue weighted by molar-refractivity contribution is 0.0773. The second-order valence-electron chi connectivity index (χ2n) is 6.68. The molecule has 3 rings (SSSR count). The summed E-state index contributed by atoms with van der Waals surface area (Å²) in [6.07, 6.45) is 1.61. The summed E-state index contributed by atoms with van der Waals surface area (Å²) in [6.45, 7) is 9.14. The number of halogens is 1. The van der Waals surface area contributed by atoms with Gasteiger partial charge in [-0.2, -0.15) is 0 Å². The second-order valence-corrected chi connectivity index (χ2v) is 6.68. The minimum absolute atomic E-state index is 0. The number of anilines is 2. The van der Waals surface area contributed by atoms with Gasteiger partial charge in [0.15, 0.2) is 5.65 Å². The van der Waals surface area contributed by atoms with E-state index in [-0.39, 0.29) is 18.3 Å². The number of rotatable bonds is 6. The minimum atomic E-state index is -0.0610. The lowest BCUT2D eigenvalue weighted by Crippen LogP contribution is -2.31. The van der Waals surface area contributed by atoms with E-state index in [9.17, 15) is 4.79 Å². The molecule has 3 aromatic rings. The predicted molar refractivity (Wildman–Crippen MR) is 120 cm³/mol.